The van der Waals surface area contributed by atoms with Crippen LogP contribution in [0.1, 0.15) is 13.3 Å². The molecule has 3 amide bonds. The lowest BCUT2D eigenvalue weighted by Crippen LogP contribution is -2.38. The summed E-state index contributed by atoms with van der Waals surface area (Å²) in [5.74, 6) is -0.0185. The van der Waals surface area contributed by atoms with Crippen molar-refractivity contribution in [2.24, 2.45) is 0 Å². The molecule has 1 aliphatic rings. The molecule has 1 saturated heterocycles. The van der Waals surface area contributed by atoms with E-state index in [4.69, 9.17) is 0 Å². The molecule has 2 rings (SSSR count). The number of rotatable bonds is 2. The summed E-state index contributed by atoms with van der Waals surface area (Å²) in [5, 5.41) is 2.67. The highest BCUT2D eigenvalue weighted by molar-refractivity contribution is 8.00. The van der Waals surface area contributed by atoms with E-state index < -0.39 is 5.51 Å². The Labute approximate surface area is 142 Å². The molecule has 0 spiro atoms. The van der Waals surface area contributed by atoms with Gasteiger partial charge in [-0.05, 0) is 42.4 Å². The third-order valence-corrected chi connectivity index (χ3v) is 4.31. The van der Waals surface area contributed by atoms with Crippen molar-refractivity contribution in [3.8, 4) is 0 Å². The number of urea groups is 1. The number of alkyl halides is 3. The smallest absolute Gasteiger partial charge is 0.341 e. The number of carbonyl (C=O) groups excluding carboxylic acids is 2. The van der Waals surface area contributed by atoms with Gasteiger partial charge in [-0.3, -0.25) is 4.79 Å². The lowest BCUT2D eigenvalue weighted by Gasteiger charge is -2.21. The summed E-state index contributed by atoms with van der Waals surface area (Å²) in [5.41, 5.74) is -3.90. The van der Waals surface area contributed by atoms with Crippen LogP contribution in [0.25, 0.3) is 0 Å². The molecule has 1 aromatic rings. The van der Waals surface area contributed by atoms with Crippen LogP contribution >= 0.6 is 11.8 Å². The third kappa shape index (κ3) is 5.63. The predicted molar refractivity (Wildman–Crippen MR) is 85.8 cm³/mol. The molecule has 1 aliphatic heterocycles. The van der Waals surface area contributed by atoms with E-state index in [1.165, 1.54) is 31.2 Å². The number of halogens is 3. The lowest BCUT2D eigenvalue weighted by atomic mass is 10.3. The molecule has 1 aromatic carbocycles. The van der Waals surface area contributed by atoms with Crippen molar-refractivity contribution in [2.75, 3.05) is 31.5 Å². The van der Waals surface area contributed by atoms with Gasteiger partial charge in [-0.15, -0.1) is 0 Å². The second-order valence-electron chi connectivity index (χ2n) is 5.35. The van der Waals surface area contributed by atoms with Gasteiger partial charge in [0.15, 0.2) is 0 Å². The molecule has 0 aromatic heterocycles. The van der Waals surface area contributed by atoms with E-state index in [1.54, 1.807) is 9.80 Å². The molecule has 1 N–H and O–H groups in total. The highest BCUT2D eigenvalue weighted by atomic mass is 32.2. The van der Waals surface area contributed by atoms with Crippen molar-refractivity contribution >= 4 is 29.4 Å². The van der Waals surface area contributed by atoms with Crippen molar-refractivity contribution in [3.05, 3.63) is 24.3 Å². The Morgan fingerprint density at radius 1 is 1.04 bits per heavy atom. The number of thioether (sulfide) groups is 1. The first-order chi connectivity index (χ1) is 11.2. The van der Waals surface area contributed by atoms with Crippen LogP contribution in [0.2, 0.25) is 0 Å². The fraction of sp³-hybridized carbons (Fsp3) is 0.467. The van der Waals surface area contributed by atoms with Gasteiger partial charge in [-0.25, -0.2) is 4.79 Å². The first-order valence-corrected chi connectivity index (χ1v) is 8.23. The molecule has 0 unspecified atom stereocenters. The van der Waals surface area contributed by atoms with Gasteiger partial charge in [-0.1, -0.05) is 0 Å². The summed E-state index contributed by atoms with van der Waals surface area (Å²) in [6, 6.07) is 5.18. The zero-order chi connectivity index (χ0) is 17.7. The van der Waals surface area contributed by atoms with Crippen molar-refractivity contribution in [1.29, 1.82) is 0 Å². The number of anilines is 1. The van der Waals surface area contributed by atoms with Crippen LogP contribution in [-0.4, -0.2) is 53.4 Å². The minimum absolute atomic E-state index is 0.0185. The molecule has 9 heteroatoms. The van der Waals surface area contributed by atoms with E-state index in [-0.39, 0.29) is 28.6 Å². The maximum absolute atomic E-state index is 12.3. The van der Waals surface area contributed by atoms with Crippen LogP contribution in [0.4, 0.5) is 23.7 Å². The van der Waals surface area contributed by atoms with Gasteiger partial charge >= 0.3 is 11.5 Å². The maximum atomic E-state index is 12.3. The van der Waals surface area contributed by atoms with Gasteiger partial charge in [0.1, 0.15) is 0 Å². The number of benzene rings is 1. The summed E-state index contributed by atoms with van der Waals surface area (Å²) in [4.78, 5) is 27.0. The minimum Gasteiger partial charge on any atom is -0.341 e. The summed E-state index contributed by atoms with van der Waals surface area (Å²) in [7, 11) is 0. The van der Waals surface area contributed by atoms with Gasteiger partial charge in [0.2, 0.25) is 5.91 Å². The first-order valence-electron chi connectivity index (χ1n) is 7.42. The summed E-state index contributed by atoms with van der Waals surface area (Å²) < 4.78 is 36.8. The number of nitrogens with zero attached hydrogens (tertiary/aromatic N) is 2. The average Bonchev–Trinajstić information content (AvgIpc) is 2.74. The monoisotopic (exact) mass is 361 g/mol. The van der Waals surface area contributed by atoms with Crippen LogP contribution in [0.5, 0.6) is 0 Å². The molecule has 0 aliphatic carbocycles. The standard InChI is InChI=1S/C15H18F3N3O2S/c1-11(22)20-7-2-8-21(10-9-20)14(23)19-12-3-5-13(6-4-12)24-15(16,17)18/h3-6H,2,7-10H2,1H3,(H,19,23). The van der Waals surface area contributed by atoms with Gasteiger partial charge in [-0.2, -0.15) is 13.2 Å². The van der Waals surface area contributed by atoms with E-state index in [9.17, 15) is 22.8 Å². The van der Waals surface area contributed by atoms with E-state index in [0.717, 1.165) is 0 Å². The second-order valence-corrected chi connectivity index (χ2v) is 6.49. The Hall–Kier alpha value is -1.90. The van der Waals surface area contributed by atoms with Gasteiger partial charge in [0.05, 0.1) is 0 Å². The molecule has 0 atom stereocenters. The van der Waals surface area contributed by atoms with Gasteiger partial charge in [0.25, 0.3) is 0 Å². The Morgan fingerprint density at radius 2 is 1.62 bits per heavy atom. The van der Waals surface area contributed by atoms with Crippen LogP contribution < -0.4 is 5.32 Å². The van der Waals surface area contributed by atoms with Crippen LogP contribution in [0.15, 0.2) is 29.2 Å². The summed E-state index contributed by atoms with van der Waals surface area (Å²) >= 11 is -0.199. The number of hydrogen-bond donors (Lipinski definition) is 1. The maximum Gasteiger partial charge on any atom is 0.446 e. The molecule has 24 heavy (non-hydrogen) atoms. The SMILES string of the molecule is CC(=O)N1CCCN(C(=O)Nc2ccc(SC(F)(F)F)cc2)CC1. The van der Waals surface area contributed by atoms with Crippen LogP contribution in [-0.2, 0) is 4.79 Å². The Kier molecular flexibility index (Phi) is 5.98. The molecule has 132 valence electrons. The van der Waals surface area contributed by atoms with E-state index in [0.29, 0.717) is 38.3 Å². The zero-order valence-corrected chi connectivity index (χ0v) is 13.9. The third-order valence-electron chi connectivity index (χ3n) is 3.57. The molecular formula is C15H18F3N3O2S. The number of nitrogens with one attached hydrogen (secondary N) is 1. The molecule has 1 fully saturated rings. The van der Waals surface area contributed by atoms with E-state index in [1.807, 2.05) is 0 Å². The Bertz CT molecular complexity index is 593. The topological polar surface area (TPSA) is 52.7 Å². The highest BCUT2D eigenvalue weighted by Crippen LogP contribution is 2.37. The highest BCUT2D eigenvalue weighted by Gasteiger charge is 2.29. The quantitative estimate of drug-likeness (QED) is 0.822. The lowest BCUT2D eigenvalue weighted by molar-refractivity contribution is -0.128. The molecule has 5 nitrogen and oxygen atoms in total. The van der Waals surface area contributed by atoms with Crippen molar-refractivity contribution in [3.63, 3.8) is 0 Å². The number of carbonyl (C=O) groups is 2. The number of amides is 3. The fourth-order valence-corrected chi connectivity index (χ4v) is 2.92. The van der Waals surface area contributed by atoms with Crippen LogP contribution in [0.3, 0.4) is 0 Å². The minimum atomic E-state index is -4.33. The Morgan fingerprint density at radius 3 is 2.21 bits per heavy atom. The second kappa shape index (κ2) is 7.78. The van der Waals surface area contributed by atoms with Gasteiger partial charge < -0.3 is 15.1 Å². The first kappa shape index (κ1) is 18.4. The largest absolute Gasteiger partial charge is 0.446 e. The molecule has 1 heterocycles. The summed E-state index contributed by atoms with van der Waals surface area (Å²) in [6.07, 6.45) is 0.689. The molecule has 0 saturated carbocycles. The number of hydrogen-bond acceptors (Lipinski definition) is 3. The van der Waals surface area contributed by atoms with E-state index in [2.05, 4.69) is 5.32 Å². The molecular weight excluding hydrogens is 343 g/mol. The van der Waals surface area contributed by atoms with Crippen molar-refractivity contribution in [1.82, 2.24) is 9.80 Å². The van der Waals surface area contributed by atoms with Crippen molar-refractivity contribution in [2.45, 2.75) is 23.7 Å². The molecule has 0 bridgehead atoms. The predicted octanol–water partition coefficient (Wildman–Crippen LogP) is 3.38. The zero-order valence-electron chi connectivity index (χ0n) is 13.1. The fourth-order valence-electron chi connectivity index (χ4n) is 2.38. The van der Waals surface area contributed by atoms with Crippen LogP contribution in [0, 0.1) is 0 Å². The normalized spacial score (nSPS) is 15.8. The van der Waals surface area contributed by atoms with E-state index >= 15 is 0 Å². The molecule has 0 radical (unpaired) electrons. The Balaban J connectivity index is 1.91. The van der Waals surface area contributed by atoms with Crippen molar-refractivity contribution < 1.29 is 22.8 Å². The van der Waals surface area contributed by atoms with Gasteiger partial charge in [0, 0.05) is 43.7 Å². The summed E-state index contributed by atoms with van der Waals surface area (Å²) in [6.45, 7) is 3.54. The average molecular weight is 361 g/mol.